The van der Waals surface area contributed by atoms with Gasteiger partial charge in [0.15, 0.2) is 0 Å². The molecule has 1 saturated heterocycles. The topological polar surface area (TPSA) is 86.6 Å². The highest BCUT2D eigenvalue weighted by Gasteiger charge is 2.27. The first-order chi connectivity index (χ1) is 6.11. The Morgan fingerprint density at radius 2 is 2.31 bits per heavy atom. The average molecular weight is 187 g/mol. The van der Waals surface area contributed by atoms with Crippen LogP contribution in [0.1, 0.15) is 19.3 Å². The Morgan fingerprint density at radius 1 is 1.62 bits per heavy atom. The summed E-state index contributed by atoms with van der Waals surface area (Å²) in [5, 5.41) is 19.9. The van der Waals surface area contributed by atoms with Crippen molar-refractivity contribution in [2.45, 2.75) is 25.3 Å². The smallest absolute Gasteiger partial charge is 0.303 e. The van der Waals surface area contributed by atoms with Crippen molar-refractivity contribution in [1.29, 1.82) is 0 Å². The molecule has 0 radical (unpaired) electrons. The highest BCUT2D eigenvalue weighted by Crippen LogP contribution is 2.20. The van der Waals surface area contributed by atoms with Crippen molar-refractivity contribution in [3.05, 3.63) is 0 Å². The van der Waals surface area contributed by atoms with Crippen LogP contribution in [0.5, 0.6) is 0 Å². The Balaban J connectivity index is 2.47. The van der Waals surface area contributed by atoms with Crippen molar-refractivity contribution in [2.75, 3.05) is 6.61 Å². The monoisotopic (exact) mass is 187 g/mol. The first kappa shape index (κ1) is 9.98. The van der Waals surface area contributed by atoms with Gasteiger partial charge in [0.25, 0.3) is 0 Å². The molecule has 0 bridgehead atoms. The molecule has 5 nitrogen and oxygen atoms in total. The van der Waals surface area contributed by atoms with Gasteiger partial charge in [-0.05, 0) is 12.3 Å². The number of aliphatic hydroxyl groups is 1. The van der Waals surface area contributed by atoms with Gasteiger partial charge in [0, 0.05) is 12.8 Å². The van der Waals surface area contributed by atoms with E-state index in [4.69, 9.17) is 10.2 Å². The van der Waals surface area contributed by atoms with Gasteiger partial charge in [0.05, 0.1) is 12.6 Å². The van der Waals surface area contributed by atoms with Crippen LogP contribution in [-0.4, -0.2) is 34.7 Å². The molecule has 13 heavy (non-hydrogen) atoms. The number of hydrogen-bond donors (Lipinski definition) is 3. The van der Waals surface area contributed by atoms with E-state index in [-0.39, 0.29) is 37.3 Å². The fourth-order valence-electron chi connectivity index (χ4n) is 1.62. The number of carbonyl (C=O) groups excluding carboxylic acids is 1. The summed E-state index contributed by atoms with van der Waals surface area (Å²) in [6.45, 7) is -0.123. The lowest BCUT2D eigenvalue weighted by atomic mass is 9.90. The molecule has 0 aliphatic carbocycles. The van der Waals surface area contributed by atoms with Gasteiger partial charge < -0.3 is 15.5 Å². The number of carboxylic acids is 1. The van der Waals surface area contributed by atoms with Gasteiger partial charge in [-0.15, -0.1) is 0 Å². The quantitative estimate of drug-likeness (QED) is 0.548. The van der Waals surface area contributed by atoms with Gasteiger partial charge in [-0.2, -0.15) is 0 Å². The Morgan fingerprint density at radius 3 is 2.85 bits per heavy atom. The van der Waals surface area contributed by atoms with E-state index < -0.39 is 5.97 Å². The molecule has 1 heterocycles. The third-order valence-corrected chi connectivity index (χ3v) is 2.14. The predicted octanol–water partition coefficient (Wildman–Crippen LogP) is -0.652. The molecular weight excluding hydrogens is 174 g/mol. The van der Waals surface area contributed by atoms with Crippen LogP contribution < -0.4 is 5.32 Å². The van der Waals surface area contributed by atoms with Gasteiger partial charge in [-0.3, -0.25) is 9.59 Å². The number of nitrogens with one attached hydrogen (secondary N) is 1. The number of piperidine rings is 1. The number of aliphatic carboxylic acids is 1. The van der Waals surface area contributed by atoms with Crippen LogP contribution in [-0.2, 0) is 9.59 Å². The van der Waals surface area contributed by atoms with E-state index in [0.29, 0.717) is 6.42 Å². The van der Waals surface area contributed by atoms with Crippen molar-refractivity contribution in [2.24, 2.45) is 5.92 Å². The van der Waals surface area contributed by atoms with Crippen LogP contribution in [0.4, 0.5) is 0 Å². The van der Waals surface area contributed by atoms with Crippen LogP contribution >= 0.6 is 0 Å². The zero-order valence-corrected chi connectivity index (χ0v) is 7.19. The first-order valence-corrected chi connectivity index (χ1v) is 4.24. The zero-order chi connectivity index (χ0) is 9.84. The second kappa shape index (κ2) is 4.23. The van der Waals surface area contributed by atoms with Crippen LogP contribution in [0.15, 0.2) is 0 Å². The highest BCUT2D eigenvalue weighted by molar-refractivity contribution is 5.78. The molecule has 0 aromatic carbocycles. The van der Waals surface area contributed by atoms with Crippen molar-refractivity contribution < 1.29 is 19.8 Å². The minimum atomic E-state index is -0.892. The van der Waals surface area contributed by atoms with E-state index in [1.165, 1.54) is 0 Å². The fraction of sp³-hybridized carbons (Fsp3) is 0.750. The molecule has 2 unspecified atom stereocenters. The Hall–Kier alpha value is -1.10. The molecule has 5 heteroatoms. The molecule has 1 fully saturated rings. The predicted molar refractivity (Wildman–Crippen MR) is 44.0 cm³/mol. The third kappa shape index (κ3) is 3.02. The van der Waals surface area contributed by atoms with Gasteiger partial charge in [0.2, 0.25) is 5.91 Å². The molecule has 1 aliphatic rings. The molecule has 74 valence electrons. The summed E-state index contributed by atoms with van der Waals surface area (Å²) in [4.78, 5) is 21.4. The van der Waals surface area contributed by atoms with E-state index in [0.717, 1.165) is 0 Å². The lowest BCUT2D eigenvalue weighted by Gasteiger charge is -2.27. The SMILES string of the molecule is O=C(O)CC1CC(=O)NC(CO)C1. The van der Waals surface area contributed by atoms with Crippen LogP contribution in [0.3, 0.4) is 0 Å². The maximum absolute atomic E-state index is 11.0. The molecule has 0 spiro atoms. The van der Waals surface area contributed by atoms with Crippen LogP contribution in [0.25, 0.3) is 0 Å². The van der Waals surface area contributed by atoms with Crippen LogP contribution in [0.2, 0.25) is 0 Å². The van der Waals surface area contributed by atoms with Gasteiger partial charge >= 0.3 is 5.97 Å². The maximum Gasteiger partial charge on any atom is 0.303 e. The summed E-state index contributed by atoms with van der Waals surface area (Å²) in [5.41, 5.74) is 0. The zero-order valence-electron chi connectivity index (χ0n) is 7.19. The van der Waals surface area contributed by atoms with E-state index in [1.807, 2.05) is 0 Å². The molecule has 1 aliphatic heterocycles. The minimum absolute atomic E-state index is 0.00389. The molecule has 1 rings (SSSR count). The second-order valence-corrected chi connectivity index (χ2v) is 3.35. The number of carboxylic acid groups (broad SMARTS) is 1. The molecule has 0 saturated carbocycles. The number of aliphatic hydroxyl groups excluding tert-OH is 1. The summed E-state index contributed by atoms with van der Waals surface area (Å²) in [7, 11) is 0. The Labute approximate surface area is 75.7 Å². The Kier molecular flexibility index (Phi) is 3.25. The molecule has 1 amide bonds. The van der Waals surface area contributed by atoms with Gasteiger partial charge in [0.1, 0.15) is 0 Å². The largest absolute Gasteiger partial charge is 0.481 e. The lowest BCUT2D eigenvalue weighted by Crippen LogP contribution is -2.44. The molecular formula is C8H13NO4. The van der Waals surface area contributed by atoms with Crippen molar-refractivity contribution in [1.82, 2.24) is 5.32 Å². The van der Waals surface area contributed by atoms with E-state index in [2.05, 4.69) is 5.32 Å². The lowest BCUT2D eigenvalue weighted by molar-refractivity contribution is -0.139. The van der Waals surface area contributed by atoms with Crippen molar-refractivity contribution in [3.8, 4) is 0 Å². The van der Waals surface area contributed by atoms with Gasteiger partial charge in [-0.25, -0.2) is 0 Å². The van der Waals surface area contributed by atoms with E-state index >= 15 is 0 Å². The Bertz CT molecular complexity index is 214. The minimum Gasteiger partial charge on any atom is -0.481 e. The standard InChI is InChI=1S/C8H13NO4/c10-4-6-1-5(3-8(12)13)2-7(11)9-6/h5-6,10H,1-4H2,(H,9,11)(H,12,13). The second-order valence-electron chi connectivity index (χ2n) is 3.35. The molecule has 0 aromatic heterocycles. The van der Waals surface area contributed by atoms with Crippen molar-refractivity contribution >= 4 is 11.9 Å². The summed E-state index contributed by atoms with van der Waals surface area (Å²) < 4.78 is 0. The van der Waals surface area contributed by atoms with E-state index in [9.17, 15) is 9.59 Å². The summed E-state index contributed by atoms with van der Waals surface area (Å²) in [6, 6.07) is -0.273. The molecule has 3 N–H and O–H groups in total. The first-order valence-electron chi connectivity index (χ1n) is 4.24. The highest BCUT2D eigenvalue weighted by atomic mass is 16.4. The van der Waals surface area contributed by atoms with E-state index in [1.54, 1.807) is 0 Å². The third-order valence-electron chi connectivity index (χ3n) is 2.14. The summed E-state index contributed by atoms with van der Waals surface area (Å²) in [5.74, 6) is -1.20. The maximum atomic E-state index is 11.0. The number of hydrogen-bond acceptors (Lipinski definition) is 3. The molecule has 2 atom stereocenters. The normalized spacial score (nSPS) is 28.2. The van der Waals surface area contributed by atoms with Gasteiger partial charge in [-0.1, -0.05) is 0 Å². The summed E-state index contributed by atoms with van der Waals surface area (Å²) >= 11 is 0. The summed E-state index contributed by atoms with van der Waals surface area (Å²) in [6.07, 6.45) is 0.807. The number of carbonyl (C=O) groups is 2. The molecule has 0 aromatic rings. The van der Waals surface area contributed by atoms with Crippen molar-refractivity contribution in [3.63, 3.8) is 0 Å². The fourth-order valence-corrected chi connectivity index (χ4v) is 1.62. The average Bonchev–Trinajstić information content (AvgIpc) is 2.01. The number of amides is 1. The number of rotatable bonds is 3. The van der Waals surface area contributed by atoms with Crippen LogP contribution in [0, 0.1) is 5.92 Å².